The third-order valence-electron chi connectivity index (χ3n) is 4.08. The first kappa shape index (κ1) is 21.8. The van der Waals surface area contributed by atoms with Gasteiger partial charge in [-0.15, -0.1) is 0 Å². The Hall–Kier alpha value is -0.490. The monoisotopic (exact) mass is 406 g/mol. The van der Waals surface area contributed by atoms with Gasteiger partial charge in [0.1, 0.15) is 36.6 Å². The lowest BCUT2D eigenvalue weighted by molar-refractivity contribution is -0.320. The summed E-state index contributed by atoms with van der Waals surface area (Å²) in [6.07, 6.45) is -13.8. The molecule has 0 unspecified atom stereocenters. The standard InChI is InChI=1S/C12H22O13S/c13-3-5-10(7(15)8(16)11(18)23-5)25-12-9(17)6(14)4(24-12)1-2-22-26(19,20)21/h4-18H,1-3H2,(H,19,20,21)/t4-,5-,6+,7-,8+,9-,10-,11+,12-/m1/s1. The molecule has 26 heavy (non-hydrogen) atoms. The summed E-state index contributed by atoms with van der Waals surface area (Å²) in [4.78, 5) is 0. The van der Waals surface area contributed by atoms with E-state index >= 15 is 0 Å². The van der Waals surface area contributed by atoms with Crippen LogP contribution >= 0.6 is 0 Å². The Bertz CT molecular complexity index is 553. The maximum absolute atomic E-state index is 10.5. The van der Waals surface area contributed by atoms with E-state index in [0.717, 1.165) is 0 Å². The average molecular weight is 406 g/mol. The maximum atomic E-state index is 10.5. The third-order valence-corrected chi connectivity index (χ3v) is 4.55. The molecule has 0 aromatic heterocycles. The van der Waals surface area contributed by atoms with Crippen molar-refractivity contribution in [3.8, 4) is 0 Å². The minimum Gasteiger partial charge on any atom is -0.394 e. The highest BCUT2D eigenvalue weighted by molar-refractivity contribution is 7.80. The summed E-state index contributed by atoms with van der Waals surface area (Å²) in [5, 5.41) is 58.2. The summed E-state index contributed by atoms with van der Waals surface area (Å²) in [7, 11) is -4.67. The Balaban J connectivity index is 1.97. The molecule has 7 N–H and O–H groups in total. The van der Waals surface area contributed by atoms with Gasteiger partial charge in [-0.05, 0) is 0 Å². The molecule has 0 aromatic carbocycles. The highest BCUT2D eigenvalue weighted by Gasteiger charge is 2.50. The number of hydrogen-bond donors (Lipinski definition) is 7. The third kappa shape index (κ3) is 5.06. The quantitative estimate of drug-likeness (QED) is 0.199. The lowest BCUT2D eigenvalue weighted by atomic mass is 9.99. The molecule has 13 nitrogen and oxygen atoms in total. The van der Waals surface area contributed by atoms with Gasteiger partial charge in [0.05, 0.1) is 19.3 Å². The van der Waals surface area contributed by atoms with Crippen LogP contribution in [0.1, 0.15) is 6.42 Å². The second-order valence-electron chi connectivity index (χ2n) is 5.89. The van der Waals surface area contributed by atoms with E-state index in [2.05, 4.69) is 4.18 Å². The van der Waals surface area contributed by atoms with Gasteiger partial charge in [-0.3, -0.25) is 4.55 Å². The van der Waals surface area contributed by atoms with Crippen molar-refractivity contribution in [2.45, 2.75) is 61.7 Å². The van der Waals surface area contributed by atoms with Crippen LogP contribution in [0.4, 0.5) is 0 Å². The van der Waals surface area contributed by atoms with Crippen molar-refractivity contribution in [2.24, 2.45) is 0 Å². The molecule has 2 aliphatic heterocycles. The molecule has 2 rings (SSSR count). The topological polar surface area (TPSA) is 213 Å². The lowest BCUT2D eigenvalue weighted by Crippen LogP contribution is -2.60. The highest BCUT2D eigenvalue weighted by atomic mass is 32.3. The van der Waals surface area contributed by atoms with Crippen molar-refractivity contribution < 1.29 is 62.0 Å². The van der Waals surface area contributed by atoms with E-state index in [0.29, 0.717) is 0 Å². The van der Waals surface area contributed by atoms with E-state index in [1.165, 1.54) is 0 Å². The minimum absolute atomic E-state index is 0.230. The fourth-order valence-corrected chi connectivity index (χ4v) is 3.03. The number of hydrogen-bond acceptors (Lipinski definition) is 12. The summed E-state index contributed by atoms with van der Waals surface area (Å²) in [6.45, 7) is -1.23. The van der Waals surface area contributed by atoms with Crippen molar-refractivity contribution in [3.05, 3.63) is 0 Å². The van der Waals surface area contributed by atoms with Gasteiger partial charge in [0, 0.05) is 6.42 Å². The Kier molecular flexibility index (Phi) is 7.28. The van der Waals surface area contributed by atoms with Crippen LogP contribution in [0.5, 0.6) is 0 Å². The Morgan fingerprint density at radius 1 is 0.885 bits per heavy atom. The number of rotatable bonds is 7. The van der Waals surface area contributed by atoms with Crippen LogP contribution < -0.4 is 0 Å². The molecular formula is C12H22O13S. The van der Waals surface area contributed by atoms with Crippen molar-refractivity contribution in [2.75, 3.05) is 13.2 Å². The molecule has 0 saturated carbocycles. The normalized spacial score (nSPS) is 44.3. The molecule has 2 aliphatic rings. The lowest BCUT2D eigenvalue weighted by Gasteiger charge is -2.41. The van der Waals surface area contributed by atoms with Crippen LogP contribution in [0.25, 0.3) is 0 Å². The average Bonchev–Trinajstić information content (AvgIpc) is 2.82. The van der Waals surface area contributed by atoms with Crippen LogP contribution in [-0.4, -0.2) is 112 Å². The van der Waals surface area contributed by atoms with E-state index in [4.69, 9.17) is 18.8 Å². The summed E-state index contributed by atoms with van der Waals surface area (Å²) in [5.41, 5.74) is 0. The molecular weight excluding hydrogens is 384 g/mol. The smallest absolute Gasteiger partial charge is 0.394 e. The van der Waals surface area contributed by atoms with E-state index in [1.54, 1.807) is 0 Å². The van der Waals surface area contributed by atoms with Gasteiger partial charge in [0.2, 0.25) is 0 Å². The van der Waals surface area contributed by atoms with Crippen molar-refractivity contribution >= 4 is 10.4 Å². The number of aliphatic hydroxyl groups is 6. The van der Waals surface area contributed by atoms with Gasteiger partial charge < -0.3 is 44.8 Å². The van der Waals surface area contributed by atoms with Crippen molar-refractivity contribution in [1.29, 1.82) is 0 Å². The second-order valence-corrected chi connectivity index (χ2v) is 6.98. The molecule has 14 heteroatoms. The molecule has 154 valence electrons. The number of ether oxygens (including phenoxy) is 3. The summed E-state index contributed by atoms with van der Waals surface area (Å²) in [5.74, 6) is 0. The fraction of sp³-hybridized carbons (Fsp3) is 1.00. The first-order chi connectivity index (χ1) is 12.0. The molecule has 0 aromatic rings. The summed E-state index contributed by atoms with van der Waals surface area (Å²) in [6, 6.07) is 0. The van der Waals surface area contributed by atoms with E-state index in [-0.39, 0.29) is 6.42 Å². The predicted octanol–water partition coefficient (Wildman–Crippen LogP) is -4.54. The fourth-order valence-electron chi connectivity index (χ4n) is 2.73. The first-order valence-electron chi connectivity index (χ1n) is 7.64. The molecule has 2 fully saturated rings. The van der Waals surface area contributed by atoms with E-state index < -0.39 is 78.9 Å². The zero-order valence-corrected chi connectivity index (χ0v) is 14.1. The maximum Gasteiger partial charge on any atom is 0.397 e. The van der Waals surface area contributed by atoms with Crippen LogP contribution in [0.15, 0.2) is 0 Å². The molecule has 2 heterocycles. The van der Waals surface area contributed by atoms with Gasteiger partial charge in [0.25, 0.3) is 0 Å². The molecule has 0 amide bonds. The largest absolute Gasteiger partial charge is 0.397 e. The predicted molar refractivity (Wildman–Crippen MR) is 77.6 cm³/mol. The summed E-state index contributed by atoms with van der Waals surface area (Å²) >= 11 is 0. The molecule has 0 aliphatic carbocycles. The van der Waals surface area contributed by atoms with Crippen LogP contribution in [-0.2, 0) is 28.8 Å². The molecule has 0 spiro atoms. The molecule has 0 bridgehead atoms. The van der Waals surface area contributed by atoms with Crippen molar-refractivity contribution in [1.82, 2.24) is 0 Å². The van der Waals surface area contributed by atoms with Gasteiger partial charge in [0.15, 0.2) is 12.6 Å². The highest BCUT2D eigenvalue weighted by Crippen LogP contribution is 2.30. The van der Waals surface area contributed by atoms with Gasteiger partial charge in [-0.25, -0.2) is 4.18 Å². The number of aliphatic hydroxyl groups excluding tert-OH is 6. The van der Waals surface area contributed by atoms with E-state index in [1.807, 2.05) is 0 Å². The Labute approximate surface area is 148 Å². The summed E-state index contributed by atoms with van der Waals surface area (Å²) < 4.78 is 49.0. The molecule has 0 radical (unpaired) electrons. The van der Waals surface area contributed by atoms with Crippen LogP contribution in [0.2, 0.25) is 0 Å². The zero-order valence-electron chi connectivity index (χ0n) is 13.3. The Morgan fingerprint density at radius 3 is 2.12 bits per heavy atom. The minimum atomic E-state index is -4.67. The second kappa shape index (κ2) is 8.68. The van der Waals surface area contributed by atoms with Gasteiger partial charge >= 0.3 is 10.4 Å². The Morgan fingerprint density at radius 2 is 1.54 bits per heavy atom. The molecule has 2 saturated heterocycles. The van der Waals surface area contributed by atoms with E-state index in [9.17, 15) is 39.1 Å². The first-order valence-corrected chi connectivity index (χ1v) is 9.01. The van der Waals surface area contributed by atoms with Crippen LogP contribution in [0.3, 0.4) is 0 Å². The van der Waals surface area contributed by atoms with Crippen molar-refractivity contribution in [3.63, 3.8) is 0 Å². The van der Waals surface area contributed by atoms with Gasteiger partial charge in [-0.1, -0.05) is 0 Å². The molecule has 9 atom stereocenters. The zero-order chi connectivity index (χ0) is 19.6. The van der Waals surface area contributed by atoms with Gasteiger partial charge in [-0.2, -0.15) is 8.42 Å². The SMILES string of the molecule is O=S(=O)(O)OCC[C@H]1O[C@H](O[C@H]2[C@H](O)[C@H](O)[C@@H](O)O[C@@H]2CO)[C@H](O)[C@H]1O. The van der Waals surface area contributed by atoms with Crippen LogP contribution in [0, 0.1) is 0 Å².